The Morgan fingerprint density at radius 2 is 2.26 bits per heavy atom. The number of carbonyl (C=O) groups excluding carboxylic acids is 2. The van der Waals surface area contributed by atoms with Crippen molar-refractivity contribution in [3.63, 3.8) is 0 Å². The Bertz CT molecular complexity index is 677. The molecule has 23 heavy (non-hydrogen) atoms. The van der Waals surface area contributed by atoms with Gasteiger partial charge in [0.1, 0.15) is 5.54 Å². The van der Waals surface area contributed by atoms with Gasteiger partial charge in [-0.05, 0) is 49.5 Å². The van der Waals surface area contributed by atoms with Crippen LogP contribution in [-0.2, 0) is 14.3 Å². The van der Waals surface area contributed by atoms with Crippen LogP contribution >= 0.6 is 11.6 Å². The van der Waals surface area contributed by atoms with Gasteiger partial charge < -0.3 is 10.1 Å². The Morgan fingerprint density at radius 3 is 2.87 bits per heavy atom. The van der Waals surface area contributed by atoms with Gasteiger partial charge in [-0.2, -0.15) is 5.26 Å². The van der Waals surface area contributed by atoms with Crippen LogP contribution in [0.4, 0.5) is 0 Å². The third-order valence-electron chi connectivity index (χ3n) is 3.63. The number of carbonyl (C=O) groups is 2. The SMILES string of the molecule is C[C@@](C#N)(NC(=O)COC(=O)/C=C/c1cccc(Cl)c1)C1CC1. The van der Waals surface area contributed by atoms with Crippen LogP contribution in [-0.4, -0.2) is 24.0 Å². The molecule has 5 nitrogen and oxygen atoms in total. The van der Waals surface area contributed by atoms with Crippen molar-refractivity contribution in [2.45, 2.75) is 25.3 Å². The predicted molar refractivity (Wildman–Crippen MR) is 86.3 cm³/mol. The summed E-state index contributed by atoms with van der Waals surface area (Å²) in [6, 6.07) is 9.10. The Labute approximate surface area is 139 Å². The van der Waals surface area contributed by atoms with Crippen molar-refractivity contribution in [2.24, 2.45) is 5.92 Å². The quantitative estimate of drug-likeness (QED) is 0.641. The van der Waals surface area contributed by atoms with Gasteiger partial charge in [0, 0.05) is 11.1 Å². The molecule has 1 fully saturated rings. The summed E-state index contributed by atoms with van der Waals surface area (Å²) < 4.78 is 4.87. The molecule has 1 atom stereocenters. The van der Waals surface area contributed by atoms with E-state index in [-0.39, 0.29) is 5.92 Å². The molecule has 0 heterocycles. The number of nitrogens with zero attached hydrogens (tertiary/aromatic N) is 1. The fourth-order valence-electron chi connectivity index (χ4n) is 2.17. The van der Waals surface area contributed by atoms with E-state index in [9.17, 15) is 9.59 Å². The molecule has 1 N–H and O–H groups in total. The fraction of sp³-hybridized carbons (Fsp3) is 0.353. The Hall–Kier alpha value is -2.32. The summed E-state index contributed by atoms with van der Waals surface area (Å²) in [4.78, 5) is 23.4. The first-order chi connectivity index (χ1) is 10.9. The number of halogens is 1. The number of hydrogen-bond acceptors (Lipinski definition) is 4. The number of rotatable bonds is 6. The lowest BCUT2D eigenvalue weighted by atomic mass is 9.98. The van der Waals surface area contributed by atoms with Crippen molar-refractivity contribution in [2.75, 3.05) is 6.61 Å². The highest BCUT2D eigenvalue weighted by molar-refractivity contribution is 6.30. The van der Waals surface area contributed by atoms with Gasteiger partial charge in [0.2, 0.25) is 0 Å². The van der Waals surface area contributed by atoms with Gasteiger partial charge in [-0.1, -0.05) is 23.7 Å². The molecule has 0 spiro atoms. The first-order valence-electron chi connectivity index (χ1n) is 7.25. The first-order valence-corrected chi connectivity index (χ1v) is 7.63. The standard InChI is InChI=1S/C17H17ClN2O3/c1-17(11-19,13-6-7-13)20-15(21)10-23-16(22)8-5-12-3-2-4-14(18)9-12/h2-5,8-9,13H,6-7,10H2,1H3,(H,20,21)/b8-5+/t17-/m0/s1. The minimum Gasteiger partial charge on any atom is -0.452 e. The third kappa shape index (κ3) is 5.11. The summed E-state index contributed by atoms with van der Waals surface area (Å²) in [6.07, 6.45) is 4.62. The van der Waals surface area contributed by atoms with Crippen LogP contribution in [0.5, 0.6) is 0 Å². The van der Waals surface area contributed by atoms with Crippen LogP contribution in [0.15, 0.2) is 30.3 Å². The molecule has 1 amide bonds. The van der Waals surface area contributed by atoms with E-state index in [1.54, 1.807) is 37.3 Å². The van der Waals surface area contributed by atoms with Crippen molar-refractivity contribution in [1.29, 1.82) is 5.26 Å². The van der Waals surface area contributed by atoms with Gasteiger partial charge in [0.25, 0.3) is 5.91 Å². The number of nitrogens with one attached hydrogen (secondary N) is 1. The highest BCUT2D eigenvalue weighted by atomic mass is 35.5. The Morgan fingerprint density at radius 1 is 1.52 bits per heavy atom. The number of ether oxygens (including phenoxy) is 1. The molecule has 2 rings (SSSR count). The average molecular weight is 333 g/mol. The smallest absolute Gasteiger partial charge is 0.331 e. The van der Waals surface area contributed by atoms with Crippen molar-refractivity contribution in [3.8, 4) is 6.07 Å². The maximum atomic E-state index is 11.8. The van der Waals surface area contributed by atoms with Crippen molar-refractivity contribution >= 4 is 29.6 Å². The van der Waals surface area contributed by atoms with Gasteiger partial charge in [-0.25, -0.2) is 4.79 Å². The molecule has 0 aromatic heterocycles. The second-order valence-electron chi connectivity index (χ2n) is 5.63. The van der Waals surface area contributed by atoms with Crippen LogP contribution in [0.25, 0.3) is 6.08 Å². The first kappa shape index (κ1) is 17.0. The molecule has 1 aliphatic rings. The molecular weight excluding hydrogens is 316 g/mol. The zero-order valence-corrected chi connectivity index (χ0v) is 13.5. The predicted octanol–water partition coefficient (Wildman–Crippen LogP) is 2.70. The summed E-state index contributed by atoms with van der Waals surface area (Å²) in [7, 11) is 0. The number of amides is 1. The number of hydrogen-bond donors (Lipinski definition) is 1. The van der Waals surface area contributed by atoms with E-state index < -0.39 is 24.0 Å². The van der Waals surface area contributed by atoms with E-state index in [1.165, 1.54) is 6.08 Å². The van der Waals surface area contributed by atoms with E-state index in [1.807, 2.05) is 0 Å². The zero-order valence-electron chi connectivity index (χ0n) is 12.7. The maximum Gasteiger partial charge on any atom is 0.331 e. The summed E-state index contributed by atoms with van der Waals surface area (Å²) in [5.74, 6) is -0.939. The van der Waals surface area contributed by atoms with Crippen LogP contribution in [0, 0.1) is 17.2 Å². The second kappa shape index (κ2) is 7.30. The van der Waals surface area contributed by atoms with Crippen molar-refractivity contribution in [1.82, 2.24) is 5.32 Å². The lowest BCUT2D eigenvalue weighted by Gasteiger charge is -2.22. The number of benzene rings is 1. The molecular formula is C17H17ClN2O3. The molecule has 1 saturated carbocycles. The molecule has 6 heteroatoms. The molecule has 0 unspecified atom stereocenters. The molecule has 1 aromatic rings. The molecule has 1 aliphatic carbocycles. The minimum absolute atomic E-state index is 0.176. The van der Waals surface area contributed by atoms with Crippen LogP contribution < -0.4 is 5.32 Å². The lowest BCUT2D eigenvalue weighted by molar-refractivity contribution is -0.144. The van der Waals surface area contributed by atoms with Crippen molar-refractivity contribution in [3.05, 3.63) is 40.9 Å². The van der Waals surface area contributed by atoms with Gasteiger partial charge in [0.15, 0.2) is 6.61 Å². The maximum absolute atomic E-state index is 11.8. The van der Waals surface area contributed by atoms with Gasteiger partial charge in [-0.3, -0.25) is 4.79 Å². The molecule has 0 radical (unpaired) electrons. The summed E-state index contributed by atoms with van der Waals surface area (Å²) >= 11 is 5.84. The monoisotopic (exact) mass is 332 g/mol. The number of esters is 1. The fourth-order valence-corrected chi connectivity index (χ4v) is 2.37. The van der Waals surface area contributed by atoms with E-state index in [0.717, 1.165) is 18.4 Å². The third-order valence-corrected chi connectivity index (χ3v) is 3.87. The minimum atomic E-state index is -0.889. The largest absolute Gasteiger partial charge is 0.452 e. The van der Waals surface area contributed by atoms with Crippen LogP contribution in [0.3, 0.4) is 0 Å². The normalized spacial score (nSPS) is 16.4. The summed E-state index contributed by atoms with van der Waals surface area (Å²) in [5, 5.41) is 12.3. The summed E-state index contributed by atoms with van der Waals surface area (Å²) in [5.41, 5.74) is -0.134. The summed E-state index contributed by atoms with van der Waals surface area (Å²) in [6.45, 7) is 1.27. The van der Waals surface area contributed by atoms with Crippen LogP contribution in [0.1, 0.15) is 25.3 Å². The van der Waals surface area contributed by atoms with E-state index in [2.05, 4.69) is 11.4 Å². The number of nitriles is 1. The van der Waals surface area contributed by atoms with Gasteiger partial charge in [0.05, 0.1) is 6.07 Å². The van der Waals surface area contributed by atoms with Crippen LogP contribution in [0.2, 0.25) is 5.02 Å². The van der Waals surface area contributed by atoms with E-state index in [4.69, 9.17) is 21.6 Å². The second-order valence-corrected chi connectivity index (χ2v) is 6.07. The molecule has 0 aliphatic heterocycles. The molecule has 0 saturated heterocycles. The van der Waals surface area contributed by atoms with Gasteiger partial charge in [-0.15, -0.1) is 0 Å². The molecule has 1 aromatic carbocycles. The van der Waals surface area contributed by atoms with E-state index >= 15 is 0 Å². The Kier molecular flexibility index (Phi) is 5.41. The highest BCUT2D eigenvalue weighted by Crippen LogP contribution is 2.39. The zero-order chi connectivity index (χ0) is 16.9. The molecule has 0 bridgehead atoms. The topological polar surface area (TPSA) is 79.2 Å². The lowest BCUT2D eigenvalue weighted by Crippen LogP contribution is -2.48. The average Bonchev–Trinajstić information content (AvgIpc) is 3.36. The van der Waals surface area contributed by atoms with E-state index in [0.29, 0.717) is 5.02 Å². The van der Waals surface area contributed by atoms with Crippen molar-refractivity contribution < 1.29 is 14.3 Å². The molecule has 120 valence electrons. The van der Waals surface area contributed by atoms with Gasteiger partial charge >= 0.3 is 5.97 Å². The Balaban J connectivity index is 1.80. The highest BCUT2D eigenvalue weighted by Gasteiger charge is 2.43.